The number of halogens is 2. The van der Waals surface area contributed by atoms with Crippen LogP contribution in [-0.4, -0.2) is 29.5 Å². The maximum absolute atomic E-state index is 12.6. The van der Waals surface area contributed by atoms with Gasteiger partial charge in [-0.15, -0.1) is 0 Å². The Hall–Kier alpha value is -2.74. The van der Waals surface area contributed by atoms with Crippen molar-refractivity contribution in [3.8, 4) is 0 Å². The molecule has 0 bridgehead atoms. The summed E-state index contributed by atoms with van der Waals surface area (Å²) in [6, 6.07) is 12.2. The van der Waals surface area contributed by atoms with Crippen LogP contribution in [0.2, 0.25) is 0 Å². The summed E-state index contributed by atoms with van der Waals surface area (Å²) < 4.78 is 30.3. The van der Waals surface area contributed by atoms with Gasteiger partial charge in [0.2, 0.25) is 0 Å². The van der Waals surface area contributed by atoms with Crippen LogP contribution in [0.25, 0.3) is 0 Å². The molecule has 0 aromatic heterocycles. The number of rotatable bonds is 7. The standard InChI is InChI=1S/C19H17F2NO4S/c1-11(23)13-7-3-5-9-15(13)22-17(24)12(2)26-18(25)14-8-4-6-10-16(14)27-19(20)21/h3-10,12,19H,1-2H3,(H,22,24)/t12-/m0/s1. The fourth-order valence-electron chi connectivity index (χ4n) is 2.25. The number of nitrogens with one attached hydrogen (secondary N) is 1. The normalized spacial score (nSPS) is 11.7. The molecule has 1 amide bonds. The number of carbonyl (C=O) groups excluding carboxylic acids is 3. The SMILES string of the molecule is CC(=O)c1ccccc1NC(=O)[C@H](C)OC(=O)c1ccccc1SC(F)F. The van der Waals surface area contributed by atoms with Crippen molar-refractivity contribution < 1.29 is 27.9 Å². The summed E-state index contributed by atoms with van der Waals surface area (Å²) in [6.07, 6.45) is -1.19. The maximum atomic E-state index is 12.6. The van der Waals surface area contributed by atoms with Gasteiger partial charge in [-0.3, -0.25) is 9.59 Å². The van der Waals surface area contributed by atoms with E-state index < -0.39 is 23.7 Å². The molecule has 2 rings (SSSR count). The molecule has 1 N–H and O–H groups in total. The monoisotopic (exact) mass is 393 g/mol. The first-order valence-electron chi connectivity index (χ1n) is 7.95. The number of anilines is 1. The summed E-state index contributed by atoms with van der Waals surface area (Å²) in [5.74, 6) is -4.45. The number of thioether (sulfide) groups is 1. The Bertz CT molecular complexity index is 857. The van der Waals surface area contributed by atoms with E-state index in [0.29, 0.717) is 11.3 Å². The number of carbonyl (C=O) groups is 3. The third-order valence-corrected chi connectivity index (χ3v) is 4.33. The lowest BCUT2D eigenvalue weighted by Crippen LogP contribution is -2.30. The molecule has 0 spiro atoms. The van der Waals surface area contributed by atoms with Crippen LogP contribution in [0.4, 0.5) is 14.5 Å². The molecule has 0 unspecified atom stereocenters. The number of benzene rings is 2. The molecule has 0 aliphatic rings. The Morgan fingerprint density at radius 2 is 1.59 bits per heavy atom. The minimum atomic E-state index is -2.69. The van der Waals surface area contributed by atoms with Crippen LogP contribution in [-0.2, 0) is 9.53 Å². The van der Waals surface area contributed by atoms with E-state index >= 15 is 0 Å². The molecular formula is C19H17F2NO4S. The predicted octanol–water partition coefficient (Wildman–Crippen LogP) is 4.39. The number of alkyl halides is 2. The first-order chi connectivity index (χ1) is 12.8. The molecule has 8 heteroatoms. The van der Waals surface area contributed by atoms with Crippen molar-refractivity contribution in [2.45, 2.75) is 30.6 Å². The van der Waals surface area contributed by atoms with E-state index in [1.54, 1.807) is 24.3 Å². The molecule has 0 heterocycles. The van der Waals surface area contributed by atoms with Crippen molar-refractivity contribution in [2.24, 2.45) is 0 Å². The first kappa shape index (κ1) is 20.6. The summed E-state index contributed by atoms with van der Waals surface area (Å²) in [6.45, 7) is 2.72. The third kappa shape index (κ3) is 5.62. The molecule has 142 valence electrons. The molecule has 27 heavy (non-hydrogen) atoms. The van der Waals surface area contributed by atoms with Gasteiger partial charge in [0.15, 0.2) is 11.9 Å². The van der Waals surface area contributed by atoms with Crippen LogP contribution >= 0.6 is 11.8 Å². The minimum Gasteiger partial charge on any atom is -0.449 e. The van der Waals surface area contributed by atoms with Crippen molar-refractivity contribution in [3.05, 3.63) is 59.7 Å². The largest absolute Gasteiger partial charge is 0.449 e. The van der Waals surface area contributed by atoms with Crippen molar-refractivity contribution >= 4 is 35.1 Å². The smallest absolute Gasteiger partial charge is 0.340 e. The van der Waals surface area contributed by atoms with Crippen LogP contribution in [0.3, 0.4) is 0 Å². The average Bonchev–Trinajstić information content (AvgIpc) is 2.61. The van der Waals surface area contributed by atoms with Crippen molar-refractivity contribution in [3.63, 3.8) is 0 Å². The van der Waals surface area contributed by atoms with E-state index in [4.69, 9.17) is 4.74 Å². The molecule has 0 aliphatic heterocycles. The number of Topliss-reactive ketones (excluding diaryl/α,β-unsaturated/α-hetero) is 1. The highest BCUT2D eigenvalue weighted by Gasteiger charge is 2.23. The van der Waals surface area contributed by atoms with Crippen LogP contribution in [0, 0.1) is 0 Å². The number of ether oxygens (including phenoxy) is 1. The molecule has 2 aromatic rings. The van der Waals surface area contributed by atoms with Gasteiger partial charge in [0.1, 0.15) is 0 Å². The predicted molar refractivity (Wildman–Crippen MR) is 98.3 cm³/mol. The van der Waals surface area contributed by atoms with Crippen LogP contribution in [0.5, 0.6) is 0 Å². The van der Waals surface area contributed by atoms with E-state index in [1.165, 1.54) is 38.1 Å². The molecule has 0 fully saturated rings. The zero-order valence-corrected chi connectivity index (χ0v) is 15.4. The lowest BCUT2D eigenvalue weighted by atomic mass is 10.1. The van der Waals surface area contributed by atoms with Crippen LogP contribution in [0.1, 0.15) is 34.6 Å². The lowest BCUT2D eigenvalue weighted by molar-refractivity contribution is -0.123. The Balaban J connectivity index is 2.09. The van der Waals surface area contributed by atoms with Crippen molar-refractivity contribution in [1.82, 2.24) is 0 Å². The topological polar surface area (TPSA) is 72.5 Å². The molecule has 0 aliphatic carbocycles. The van der Waals surface area contributed by atoms with Crippen molar-refractivity contribution in [1.29, 1.82) is 0 Å². The second-order valence-electron chi connectivity index (χ2n) is 5.51. The molecule has 2 aromatic carbocycles. The summed E-state index contributed by atoms with van der Waals surface area (Å²) in [5, 5.41) is 2.53. The fraction of sp³-hybridized carbons (Fsp3) is 0.211. The number of para-hydroxylation sites is 1. The molecular weight excluding hydrogens is 376 g/mol. The number of esters is 1. The van der Waals surface area contributed by atoms with Gasteiger partial charge in [-0.25, -0.2) is 4.79 Å². The number of amides is 1. The molecule has 0 radical (unpaired) electrons. The highest BCUT2D eigenvalue weighted by atomic mass is 32.2. The Kier molecular flexibility index (Phi) is 7.06. The number of hydrogen-bond acceptors (Lipinski definition) is 5. The van der Waals surface area contributed by atoms with Crippen molar-refractivity contribution in [2.75, 3.05) is 5.32 Å². The van der Waals surface area contributed by atoms with Gasteiger partial charge in [-0.2, -0.15) is 8.78 Å². The van der Waals surface area contributed by atoms with Gasteiger partial charge in [0, 0.05) is 10.5 Å². The average molecular weight is 393 g/mol. The van der Waals surface area contributed by atoms with Gasteiger partial charge in [-0.05, 0) is 38.1 Å². The zero-order chi connectivity index (χ0) is 20.0. The van der Waals surface area contributed by atoms with Gasteiger partial charge < -0.3 is 10.1 Å². The van der Waals surface area contributed by atoms with Crippen LogP contribution < -0.4 is 5.32 Å². The fourth-order valence-corrected chi connectivity index (χ4v) is 2.87. The number of hydrogen-bond donors (Lipinski definition) is 1. The quantitative estimate of drug-likeness (QED) is 0.429. The Morgan fingerprint density at radius 3 is 2.22 bits per heavy atom. The van der Waals surface area contributed by atoms with E-state index in [1.807, 2.05) is 0 Å². The molecule has 5 nitrogen and oxygen atoms in total. The molecule has 1 atom stereocenters. The summed E-state index contributed by atoms with van der Waals surface area (Å²) >= 11 is 0.224. The molecule has 0 saturated carbocycles. The van der Waals surface area contributed by atoms with Gasteiger partial charge in [-0.1, -0.05) is 36.0 Å². The third-order valence-electron chi connectivity index (χ3n) is 3.54. The zero-order valence-electron chi connectivity index (χ0n) is 14.6. The second-order valence-corrected chi connectivity index (χ2v) is 6.55. The van der Waals surface area contributed by atoms with Gasteiger partial charge in [0.25, 0.3) is 11.7 Å². The van der Waals surface area contributed by atoms with E-state index in [0.717, 1.165) is 0 Å². The van der Waals surface area contributed by atoms with Gasteiger partial charge >= 0.3 is 5.97 Å². The van der Waals surface area contributed by atoms with Gasteiger partial charge in [0.05, 0.1) is 11.3 Å². The first-order valence-corrected chi connectivity index (χ1v) is 8.83. The van der Waals surface area contributed by atoms with Crippen LogP contribution in [0.15, 0.2) is 53.4 Å². The van der Waals surface area contributed by atoms with E-state index in [2.05, 4.69) is 5.32 Å². The van der Waals surface area contributed by atoms with E-state index in [-0.39, 0.29) is 28.0 Å². The summed E-state index contributed by atoms with van der Waals surface area (Å²) in [5.41, 5.74) is 0.571. The Morgan fingerprint density at radius 1 is 1.00 bits per heavy atom. The van der Waals surface area contributed by atoms with E-state index in [9.17, 15) is 23.2 Å². The second kappa shape index (κ2) is 9.27. The lowest BCUT2D eigenvalue weighted by Gasteiger charge is -2.16. The maximum Gasteiger partial charge on any atom is 0.340 e. The highest BCUT2D eigenvalue weighted by molar-refractivity contribution is 7.99. The molecule has 0 saturated heterocycles. The summed E-state index contributed by atoms with van der Waals surface area (Å²) in [4.78, 5) is 36.2. The number of ketones is 1. The minimum absolute atomic E-state index is 0.0495. The summed E-state index contributed by atoms with van der Waals surface area (Å²) in [7, 11) is 0. The highest BCUT2D eigenvalue weighted by Crippen LogP contribution is 2.29. The Labute approximate surface area is 159 Å².